The van der Waals surface area contributed by atoms with Crippen molar-refractivity contribution in [3.05, 3.63) is 53.3 Å². The van der Waals surface area contributed by atoms with Crippen molar-refractivity contribution in [1.82, 2.24) is 9.71 Å². The number of sulfonamides is 1. The van der Waals surface area contributed by atoms with Crippen LogP contribution >= 0.6 is 23.4 Å². The molecule has 0 spiro atoms. The van der Waals surface area contributed by atoms with Crippen molar-refractivity contribution in [2.45, 2.75) is 16.3 Å². The lowest BCUT2D eigenvalue weighted by atomic mass is 10.4. The number of hydrogen-bond donors (Lipinski definition) is 1. The maximum absolute atomic E-state index is 12.3. The van der Waals surface area contributed by atoms with Crippen molar-refractivity contribution in [3.63, 3.8) is 0 Å². The van der Waals surface area contributed by atoms with E-state index in [9.17, 15) is 8.42 Å². The molecule has 0 aliphatic carbocycles. The fourth-order valence-electron chi connectivity index (χ4n) is 1.61. The predicted octanol–water partition coefficient (Wildman–Crippen LogP) is 2.94. The minimum Gasteiger partial charge on any atom is -0.260 e. The first kappa shape index (κ1) is 15.3. The van der Waals surface area contributed by atoms with Crippen molar-refractivity contribution in [3.8, 4) is 0 Å². The van der Waals surface area contributed by atoms with Gasteiger partial charge in [-0.1, -0.05) is 17.7 Å². The molecule has 106 valence electrons. The second-order valence-corrected chi connectivity index (χ2v) is 6.96. The van der Waals surface area contributed by atoms with Crippen LogP contribution in [-0.4, -0.2) is 19.7 Å². The fourth-order valence-corrected chi connectivity index (χ4v) is 4.00. The van der Waals surface area contributed by atoms with Crippen LogP contribution in [0, 0.1) is 0 Å². The third-order valence-electron chi connectivity index (χ3n) is 2.58. The van der Waals surface area contributed by atoms with Crippen LogP contribution in [0.5, 0.6) is 0 Å². The zero-order valence-corrected chi connectivity index (χ0v) is 13.1. The molecule has 1 N–H and O–H groups in total. The van der Waals surface area contributed by atoms with Gasteiger partial charge in [0.1, 0.15) is 0 Å². The van der Waals surface area contributed by atoms with Crippen LogP contribution in [0.2, 0.25) is 5.02 Å². The molecule has 4 nitrogen and oxygen atoms in total. The number of nitrogens with one attached hydrogen (secondary N) is 1. The van der Waals surface area contributed by atoms with Gasteiger partial charge in [-0.2, -0.15) is 0 Å². The minimum atomic E-state index is -3.62. The summed E-state index contributed by atoms with van der Waals surface area (Å²) in [6.45, 7) is 0.142. The molecule has 0 fully saturated rings. The van der Waals surface area contributed by atoms with Crippen molar-refractivity contribution < 1.29 is 8.42 Å². The fraction of sp³-hybridized carbons (Fsp3) is 0.154. The predicted molar refractivity (Wildman–Crippen MR) is 81.5 cm³/mol. The van der Waals surface area contributed by atoms with Gasteiger partial charge in [-0.3, -0.25) is 4.98 Å². The first-order chi connectivity index (χ1) is 9.53. The molecule has 1 aromatic carbocycles. The van der Waals surface area contributed by atoms with E-state index >= 15 is 0 Å². The summed E-state index contributed by atoms with van der Waals surface area (Å²) in [5.41, 5.74) is 0.656. The highest BCUT2D eigenvalue weighted by Crippen LogP contribution is 2.27. The Kier molecular flexibility index (Phi) is 5.04. The van der Waals surface area contributed by atoms with Gasteiger partial charge in [-0.05, 0) is 36.6 Å². The van der Waals surface area contributed by atoms with Gasteiger partial charge in [0, 0.05) is 16.1 Å². The summed E-state index contributed by atoms with van der Waals surface area (Å²) in [6.07, 6.45) is 3.44. The Morgan fingerprint density at radius 1 is 1.30 bits per heavy atom. The summed E-state index contributed by atoms with van der Waals surface area (Å²) in [5.74, 6) is 0. The van der Waals surface area contributed by atoms with Gasteiger partial charge in [0.05, 0.1) is 17.1 Å². The number of halogens is 1. The van der Waals surface area contributed by atoms with E-state index in [0.717, 1.165) is 0 Å². The monoisotopic (exact) mass is 328 g/mol. The SMILES string of the molecule is CSc1ccc(Cl)cc1S(=O)(=O)NCc1ccccn1. The highest BCUT2D eigenvalue weighted by Gasteiger charge is 2.18. The molecule has 20 heavy (non-hydrogen) atoms. The number of thioether (sulfide) groups is 1. The lowest BCUT2D eigenvalue weighted by Gasteiger charge is -2.10. The summed E-state index contributed by atoms with van der Waals surface area (Å²) >= 11 is 7.24. The van der Waals surface area contributed by atoms with E-state index in [4.69, 9.17) is 11.6 Å². The Bertz CT molecular complexity index is 691. The molecule has 0 saturated heterocycles. The number of pyridine rings is 1. The van der Waals surface area contributed by atoms with E-state index in [2.05, 4.69) is 9.71 Å². The van der Waals surface area contributed by atoms with Crippen LogP contribution < -0.4 is 4.72 Å². The van der Waals surface area contributed by atoms with E-state index in [1.165, 1.54) is 17.8 Å². The van der Waals surface area contributed by atoms with Crippen molar-refractivity contribution in [2.75, 3.05) is 6.26 Å². The molecule has 2 aromatic rings. The highest BCUT2D eigenvalue weighted by atomic mass is 35.5. The Balaban J connectivity index is 2.24. The number of nitrogens with zero attached hydrogens (tertiary/aromatic N) is 1. The largest absolute Gasteiger partial charge is 0.260 e. The summed E-state index contributed by atoms with van der Waals surface area (Å²) in [7, 11) is -3.62. The lowest BCUT2D eigenvalue weighted by Crippen LogP contribution is -2.24. The molecule has 0 unspecified atom stereocenters. The number of hydrogen-bond acceptors (Lipinski definition) is 4. The van der Waals surface area contributed by atoms with E-state index in [-0.39, 0.29) is 11.4 Å². The number of aromatic nitrogens is 1. The number of rotatable bonds is 5. The van der Waals surface area contributed by atoms with Gasteiger partial charge in [0.15, 0.2) is 0 Å². The molecule has 1 heterocycles. The van der Waals surface area contributed by atoms with Crippen LogP contribution in [0.15, 0.2) is 52.4 Å². The summed E-state index contributed by atoms with van der Waals surface area (Å²) in [6, 6.07) is 10.2. The second-order valence-electron chi connectivity index (χ2n) is 3.94. The van der Waals surface area contributed by atoms with Crippen molar-refractivity contribution in [2.24, 2.45) is 0 Å². The molecule has 0 bridgehead atoms. The molecule has 0 aliphatic rings. The molecular formula is C13H13ClN2O2S2. The van der Waals surface area contributed by atoms with Gasteiger partial charge in [-0.15, -0.1) is 11.8 Å². The zero-order valence-electron chi connectivity index (χ0n) is 10.7. The van der Waals surface area contributed by atoms with E-state index < -0.39 is 10.0 Å². The average molecular weight is 329 g/mol. The van der Waals surface area contributed by atoms with Crippen LogP contribution in [0.1, 0.15) is 5.69 Å². The van der Waals surface area contributed by atoms with Gasteiger partial charge < -0.3 is 0 Å². The van der Waals surface area contributed by atoms with Gasteiger partial charge in [-0.25, -0.2) is 13.1 Å². The third-order valence-corrected chi connectivity index (χ3v) is 5.19. The highest BCUT2D eigenvalue weighted by molar-refractivity contribution is 7.99. The van der Waals surface area contributed by atoms with Crippen LogP contribution in [0.3, 0.4) is 0 Å². The Morgan fingerprint density at radius 2 is 2.10 bits per heavy atom. The Hall–Kier alpha value is -1.08. The van der Waals surface area contributed by atoms with Gasteiger partial charge in [0.25, 0.3) is 0 Å². The van der Waals surface area contributed by atoms with Crippen LogP contribution in [-0.2, 0) is 16.6 Å². The molecule has 0 aliphatic heterocycles. The standard InChI is InChI=1S/C13H13ClN2O2S2/c1-19-12-6-5-10(14)8-13(12)20(17,18)16-9-11-4-2-3-7-15-11/h2-8,16H,9H2,1H3. The van der Waals surface area contributed by atoms with Crippen molar-refractivity contribution >= 4 is 33.4 Å². The van der Waals surface area contributed by atoms with Crippen LogP contribution in [0.25, 0.3) is 0 Å². The normalized spacial score (nSPS) is 11.5. The topological polar surface area (TPSA) is 59.1 Å². The van der Waals surface area contributed by atoms with Gasteiger partial charge >= 0.3 is 0 Å². The van der Waals surface area contributed by atoms with E-state index in [1.807, 2.05) is 12.3 Å². The van der Waals surface area contributed by atoms with Crippen LogP contribution in [0.4, 0.5) is 0 Å². The maximum Gasteiger partial charge on any atom is 0.242 e. The second kappa shape index (κ2) is 6.58. The molecule has 7 heteroatoms. The molecule has 0 amide bonds. The van der Waals surface area contributed by atoms with Gasteiger partial charge in [0.2, 0.25) is 10.0 Å². The first-order valence-electron chi connectivity index (χ1n) is 5.76. The Morgan fingerprint density at radius 3 is 2.75 bits per heavy atom. The molecular weight excluding hydrogens is 316 g/mol. The molecule has 0 radical (unpaired) electrons. The lowest BCUT2D eigenvalue weighted by molar-refractivity contribution is 0.578. The summed E-state index contributed by atoms with van der Waals surface area (Å²) in [5, 5.41) is 0.390. The zero-order chi connectivity index (χ0) is 14.6. The smallest absolute Gasteiger partial charge is 0.242 e. The molecule has 2 rings (SSSR count). The first-order valence-corrected chi connectivity index (χ1v) is 8.84. The average Bonchev–Trinajstić information content (AvgIpc) is 2.46. The molecule has 0 saturated carbocycles. The van der Waals surface area contributed by atoms with E-state index in [1.54, 1.807) is 30.5 Å². The van der Waals surface area contributed by atoms with E-state index in [0.29, 0.717) is 15.6 Å². The molecule has 0 atom stereocenters. The number of benzene rings is 1. The summed E-state index contributed by atoms with van der Waals surface area (Å²) in [4.78, 5) is 4.92. The summed E-state index contributed by atoms with van der Waals surface area (Å²) < 4.78 is 27.2. The minimum absolute atomic E-state index is 0.142. The third kappa shape index (κ3) is 3.73. The maximum atomic E-state index is 12.3. The Labute approximate surface area is 127 Å². The van der Waals surface area contributed by atoms with Crippen molar-refractivity contribution in [1.29, 1.82) is 0 Å². The molecule has 1 aromatic heterocycles. The quantitative estimate of drug-likeness (QED) is 0.857.